The van der Waals surface area contributed by atoms with Gasteiger partial charge in [-0.3, -0.25) is 0 Å². The molecule has 0 saturated carbocycles. The molecular weight excluding hydrogens is 326 g/mol. The van der Waals surface area contributed by atoms with Crippen LogP contribution in [0, 0.1) is 0 Å². The van der Waals surface area contributed by atoms with Crippen molar-refractivity contribution < 1.29 is 9.53 Å². The van der Waals surface area contributed by atoms with Crippen LogP contribution in [-0.4, -0.2) is 39.2 Å². The molecule has 5 nitrogen and oxygen atoms in total. The number of aromatic nitrogens is 2. The maximum absolute atomic E-state index is 12.5. The van der Waals surface area contributed by atoms with Gasteiger partial charge in [0, 0.05) is 32.0 Å². The molecule has 1 aromatic heterocycles. The van der Waals surface area contributed by atoms with Crippen molar-refractivity contribution in [2.45, 2.75) is 57.6 Å². The number of aryl methyl sites for hydroxylation is 2. The number of ether oxygens (including phenoxy) is 1. The van der Waals surface area contributed by atoms with Crippen molar-refractivity contribution in [3.05, 3.63) is 53.6 Å². The minimum atomic E-state index is -0.461. The van der Waals surface area contributed by atoms with E-state index in [9.17, 15) is 4.79 Å². The van der Waals surface area contributed by atoms with E-state index in [0.29, 0.717) is 13.1 Å². The highest BCUT2D eigenvalue weighted by molar-refractivity contribution is 5.68. The Bertz CT molecular complexity index is 811. The highest BCUT2D eigenvalue weighted by atomic mass is 16.6. The van der Waals surface area contributed by atoms with E-state index < -0.39 is 5.60 Å². The highest BCUT2D eigenvalue weighted by Crippen LogP contribution is 2.44. The van der Waals surface area contributed by atoms with E-state index in [2.05, 4.69) is 35.0 Å². The minimum Gasteiger partial charge on any atom is -0.444 e. The lowest BCUT2D eigenvalue weighted by Gasteiger charge is -2.42. The summed E-state index contributed by atoms with van der Waals surface area (Å²) in [6, 6.07) is 8.74. The van der Waals surface area contributed by atoms with Crippen molar-refractivity contribution in [3.63, 3.8) is 0 Å². The SMILES string of the molecule is CC(C)(C)OC(=O)N1CCC2(CC1)c1ccccc1CCn1ccnc12. The Morgan fingerprint density at radius 1 is 1.15 bits per heavy atom. The second-order valence-electron chi connectivity index (χ2n) is 8.40. The van der Waals surface area contributed by atoms with Crippen LogP contribution in [0.2, 0.25) is 0 Å². The molecule has 0 radical (unpaired) electrons. The zero-order valence-corrected chi connectivity index (χ0v) is 15.9. The van der Waals surface area contributed by atoms with Gasteiger partial charge < -0.3 is 14.2 Å². The van der Waals surface area contributed by atoms with Crippen molar-refractivity contribution in [1.29, 1.82) is 0 Å². The van der Waals surface area contributed by atoms with Crippen molar-refractivity contribution in [2.75, 3.05) is 13.1 Å². The Balaban J connectivity index is 1.65. The number of rotatable bonds is 0. The fourth-order valence-electron chi connectivity index (χ4n) is 4.37. The number of imidazole rings is 1. The number of benzene rings is 1. The van der Waals surface area contributed by atoms with Gasteiger partial charge >= 0.3 is 6.09 Å². The first-order chi connectivity index (χ1) is 12.4. The number of carbonyl (C=O) groups is 1. The van der Waals surface area contributed by atoms with Gasteiger partial charge in [-0.1, -0.05) is 24.3 Å². The Kier molecular flexibility index (Phi) is 4.05. The predicted octanol–water partition coefficient (Wildman–Crippen LogP) is 3.76. The van der Waals surface area contributed by atoms with Crippen LogP contribution in [0.25, 0.3) is 0 Å². The molecule has 1 amide bonds. The fourth-order valence-corrected chi connectivity index (χ4v) is 4.37. The summed E-state index contributed by atoms with van der Waals surface area (Å²) in [4.78, 5) is 19.1. The molecule has 3 heterocycles. The zero-order chi connectivity index (χ0) is 18.4. The van der Waals surface area contributed by atoms with E-state index in [1.165, 1.54) is 11.1 Å². The van der Waals surface area contributed by atoms with E-state index in [4.69, 9.17) is 9.72 Å². The third kappa shape index (κ3) is 2.89. The molecule has 0 unspecified atom stereocenters. The first kappa shape index (κ1) is 17.1. The smallest absolute Gasteiger partial charge is 0.410 e. The minimum absolute atomic E-state index is 0.116. The summed E-state index contributed by atoms with van der Waals surface area (Å²) in [6.07, 6.45) is 6.56. The van der Waals surface area contributed by atoms with Crippen LogP contribution in [0.4, 0.5) is 4.79 Å². The molecule has 2 aliphatic heterocycles. The number of nitrogens with zero attached hydrogens (tertiary/aromatic N) is 3. The van der Waals surface area contributed by atoms with Gasteiger partial charge in [-0.25, -0.2) is 9.78 Å². The summed E-state index contributed by atoms with van der Waals surface area (Å²) < 4.78 is 7.86. The summed E-state index contributed by atoms with van der Waals surface area (Å²) >= 11 is 0. The van der Waals surface area contributed by atoms with Crippen LogP contribution in [0.1, 0.15) is 50.6 Å². The van der Waals surface area contributed by atoms with Crippen molar-refractivity contribution in [2.24, 2.45) is 0 Å². The molecule has 5 heteroatoms. The lowest BCUT2D eigenvalue weighted by molar-refractivity contribution is 0.0176. The first-order valence-corrected chi connectivity index (χ1v) is 9.47. The molecule has 2 aliphatic rings. The van der Waals surface area contributed by atoms with Gasteiger partial charge in [-0.05, 0) is 51.2 Å². The number of likely N-dealkylation sites (tertiary alicyclic amines) is 1. The highest BCUT2D eigenvalue weighted by Gasteiger charge is 2.44. The first-order valence-electron chi connectivity index (χ1n) is 9.47. The van der Waals surface area contributed by atoms with E-state index in [1.807, 2.05) is 31.9 Å². The molecule has 1 fully saturated rings. The second kappa shape index (κ2) is 6.15. The largest absolute Gasteiger partial charge is 0.444 e. The molecular formula is C21H27N3O2. The molecule has 1 spiro atoms. The quantitative estimate of drug-likeness (QED) is 0.724. The summed E-state index contributed by atoms with van der Waals surface area (Å²) in [7, 11) is 0. The van der Waals surface area contributed by atoms with Crippen LogP contribution in [0.3, 0.4) is 0 Å². The van der Waals surface area contributed by atoms with Gasteiger partial charge in [0.05, 0.1) is 5.41 Å². The lowest BCUT2D eigenvalue weighted by atomic mass is 9.70. The summed E-state index contributed by atoms with van der Waals surface area (Å²) in [5.74, 6) is 1.14. The predicted molar refractivity (Wildman–Crippen MR) is 100 cm³/mol. The van der Waals surface area contributed by atoms with Crippen molar-refractivity contribution in [1.82, 2.24) is 14.5 Å². The molecule has 0 aliphatic carbocycles. The number of carbonyl (C=O) groups excluding carboxylic acids is 1. The van der Waals surface area contributed by atoms with Crippen molar-refractivity contribution >= 4 is 6.09 Å². The molecule has 0 bridgehead atoms. The summed E-state index contributed by atoms with van der Waals surface area (Å²) in [5, 5.41) is 0. The Morgan fingerprint density at radius 2 is 1.88 bits per heavy atom. The molecule has 1 aromatic carbocycles. The maximum Gasteiger partial charge on any atom is 0.410 e. The number of hydrogen-bond donors (Lipinski definition) is 0. The summed E-state index contributed by atoms with van der Waals surface area (Å²) in [5.41, 5.74) is 2.21. The summed E-state index contributed by atoms with van der Waals surface area (Å²) in [6.45, 7) is 8.08. The van der Waals surface area contributed by atoms with Crippen molar-refractivity contribution in [3.8, 4) is 0 Å². The van der Waals surface area contributed by atoms with Gasteiger partial charge in [0.1, 0.15) is 11.4 Å². The van der Waals surface area contributed by atoms with E-state index >= 15 is 0 Å². The molecule has 1 saturated heterocycles. The van der Waals surface area contributed by atoms with Crippen LogP contribution < -0.4 is 0 Å². The van der Waals surface area contributed by atoms with Gasteiger partial charge in [-0.2, -0.15) is 0 Å². The number of fused-ring (bicyclic) bond motifs is 4. The van der Waals surface area contributed by atoms with Crippen LogP contribution in [0.5, 0.6) is 0 Å². The Hall–Kier alpha value is -2.30. The average Bonchev–Trinajstić information content (AvgIpc) is 3.04. The van der Waals surface area contributed by atoms with E-state index in [0.717, 1.165) is 31.6 Å². The number of piperidine rings is 1. The van der Waals surface area contributed by atoms with E-state index in [-0.39, 0.29) is 11.5 Å². The standard InChI is InChI=1S/C21H27N3O2/c1-20(2,3)26-19(25)24-13-9-21(10-14-24)17-7-5-4-6-16(17)8-12-23-15-11-22-18(21)23/h4-7,11,15H,8-10,12-14H2,1-3H3. The number of hydrogen-bond acceptors (Lipinski definition) is 3. The van der Waals surface area contributed by atoms with Crippen LogP contribution in [0.15, 0.2) is 36.7 Å². The Morgan fingerprint density at radius 3 is 2.62 bits per heavy atom. The van der Waals surface area contributed by atoms with Gasteiger partial charge in [0.2, 0.25) is 0 Å². The molecule has 0 N–H and O–H groups in total. The monoisotopic (exact) mass is 353 g/mol. The van der Waals surface area contributed by atoms with Gasteiger partial charge in [0.25, 0.3) is 0 Å². The molecule has 4 rings (SSSR count). The fraction of sp³-hybridized carbons (Fsp3) is 0.524. The topological polar surface area (TPSA) is 47.4 Å². The molecule has 2 aromatic rings. The average molecular weight is 353 g/mol. The molecule has 0 atom stereocenters. The third-order valence-corrected chi connectivity index (χ3v) is 5.57. The molecule has 26 heavy (non-hydrogen) atoms. The lowest BCUT2D eigenvalue weighted by Crippen LogP contribution is -2.48. The van der Waals surface area contributed by atoms with E-state index in [1.54, 1.807) is 0 Å². The third-order valence-electron chi connectivity index (χ3n) is 5.57. The normalized spacial score (nSPS) is 18.8. The molecule has 138 valence electrons. The van der Waals surface area contributed by atoms with Gasteiger partial charge in [-0.15, -0.1) is 0 Å². The van der Waals surface area contributed by atoms with Crippen LogP contribution in [-0.2, 0) is 23.1 Å². The van der Waals surface area contributed by atoms with Crippen LogP contribution >= 0.6 is 0 Å². The zero-order valence-electron chi connectivity index (χ0n) is 15.9. The second-order valence-corrected chi connectivity index (χ2v) is 8.40. The number of amides is 1. The van der Waals surface area contributed by atoms with Gasteiger partial charge in [0.15, 0.2) is 0 Å². The maximum atomic E-state index is 12.5. The Labute approximate surface area is 155 Å².